The summed E-state index contributed by atoms with van der Waals surface area (Å²) in [5.41, 5.74) is 5.22. The van der Waals surface area contributed by atoms with Gasteiger partial charge in [0.25, 0.3) is 0 Å². The Kier molecular flexibility index (Phi) is 7.43. The van der Waals surface area contributed by atoms with Crippen LogP contribution < -0.4 is 5.73 Å². The zero-order chi connectivity index (χ0) is 18.8. The largest absolute Gasteiger partial charge is 0.481 e. The molecule has 0 spiro atoms. The lowest BCUT2D eigenvalue weighted by molar-refractivity contribution is -0.145. The van der Waals surface area contributed by atoms with Gasteiger partial charge in [-0.3, -0.25) is 9.59 Å². The van der Waals surface area contributed by atoms with E-state index in [1.165, 1.54) is 0 Å². The maximum atomic E-state index is 11.4. The summed E-state index contributed by atoms with van der Waals surface area (Å²) in [6.45, 7) is 1.13. The van der Waals surface area contributed by atoms with E-state index in [4.69, 9.17) is 27.2 Å². The minimum Gasteiger partial charge on any atom is -0.481 e. The average Bonchev–Trinajstić information content (AvgIpc) is 2.50. The molecule has 0 bridgehead atoms. The highest BCUT2D eigenvalue weighted by Gasteiger charge is 2.02. The second kappa shape index (κ2) is 13.3. The van der Waals surface area contributed by atoms with Gasteiger partial charge in [-0.2, -0.15) is 0 Å². The van der Waals surface area contributed by atoms with Crippen molar-refractivity contribution in [3.05, 3.63) is 0 Å². The van der Waals surface area contributed by atoms with Crippen molar-refractivity contribution in [1.29, 1.82) is 0 Å². The second-order valence-electron chi connectivity index (χ2n) is 3.65. The van der Waals surface area contributed by atoms with Crippen molar-refractivity contribution < 1.29 is 31.0 Å². The van der Waals surface area contributed by atoms with E-state index in [2.05, 4.69) is 0 Å². The molecule has 19 heavy (non-hydrogen) atoms. The third-order valence-electron chi connectivity index (χ3n) is 2.01. The predicted octanol–water partition coefficient (Wildman–Crippen LogP) is 1.32. The van der Waals surface area contributed by atoms with Crippen molar-refractivity contribution in [2.45, 2.75) is 44.8 Å². The quantitative estimate of drug-likeness (QED) is 0.390. The van der Waals surface area contributed by atoms with Crippen LogP contribution >= 0.6 is 0 Å². The number of carboxylic acids is 1. The summed E-state index contributed by atoms with van der Waals surface area (Å²) < 4.78 is 47.2. The summed E-state index contributed by atoms with van der Waals surface area (Å²) in [7, 11) is 0. The van der Waals surface area contributed by atoms with Crippen LogP contribution in [0.5, 0.6) is 0 Å². The van der Waals surface area contributed by atoms with Crippen LogP contribution in [0.15, 0.2) is 0 Å². The average molecular weight is 280 g/mol. The second-order valence-corrected chi connectivity index (χ2v) is 3.65. The lowest BCUT2D eigenvalue weighted by atomic mass is 10.1. The molecule has 0 aromatic heterocycles. The minimum atomic E-state index is -3.15. The normalized spacial score (nSPS) is 17.4. The lowest BCUT2D eigenvalue weighted by Gasteiger charge is -2.05. The summed E-state index contributed by atoms with van der Waals surface area (Å²) in [5, 5.41) is 8.73. The van der Waals surface area contributed by atoms with Crippen LogP contribution in [0.2, 0.25) is 0 Å². The van der Waals surface area contributed by atoms with Crippen LogP contribution in [-0.2, 0) is 19.1 Å². The summed E-state index contributed by atoms with van der Waals surface area (Å²) in [4.78, 5) is 22.2. The molecule has 0 radical (unpaired) electrons. The number of esters is 1. The van der Waals surface area contributed by atoms with Gasteiger partial charge < -0.3 is 20.3 Å². The van der Waals surface area contributed by atoms with Gasteiger partial charge in [-0.05, 0) is 12.8 Å². The van der Waals surface area contributed by atoms with Gasteiger partial charge in [0.15, 0.2) is 0 Å². The Hall–Kier alpha value is -1.14. The molecule has 6 heteroatoms. The molecule has 0 saturated carbocycles. The van der Waals surface area contributed by atoms with E-state index in [1.807, 2.05) is 0 Å². The molecule has 112 valence electrons. The Bertz CT molecular complexity index is 408. The number of hydrogen-bond acceptors (Lipinski definition) is 5. The first-order valence-electron chi connectivity index (χ1n) is 8.74. The van der Waals surface area contributed by atoms with Crippen LogP contribution in [-0.4, -0.2) is 43.4 Å². The van der Waals surface area contributed by atoms with Crippen molar-refractivity contribution in [3.63, 3.8) is 0 Å². The number of carboxylic acid groups (broad SMARTS) is 1. The third kappa shape index (κ3) is 14.8. The van der Waals surface area contributed by atoms with Crippen molar-refractivity contribution in [2.75, 3.05) is 26.4 Å². The molecule has 1 unspecified atom stereocenters. The molecule has 0 aliphatic carbocycles. The van der Waals surface area contributed by atoms with E-state index >= 15 is 0 Å². The van der Waals surface area contributed by atoms with Crippen molar-refractivity contribution >= 4 is 11.9 Å². The molecule has 3 N–H and O–H groups in total. The maximum Gasteiger partial charge on any atom is 0.305 e. The van der Waals surface area contributed by atoms with Crippen LogP contribution in [0.25, 0.3) is 0 Å². The van der Waals surface area contributed by atoms with Crippen LogP contribution in [0.3, 0.4) is 0 Å². The first-order chi connectivity index (χ1) is 11.1. The number of hydrogen-bond donors (Lipinski definition) is 2. The highest BCUT2D eigenvalue weighted by Crippen LogP contribution is 2.07. The van der Waals surface area contributed by atoms with Crippen molar-refractivity contribution in [2.24, 2.45) is 5.73 Å². The van der Waals surface area contributed by atoms with E-state index in [9.17, 15) is 9.59 Å². The number of rotatable bonds is 13. The third-order valence-corrected chi connectivity index (χ3v) is 2.01. The van der Waals surface area contributed by atoms with Crippen LogP contribution in [0, 0.1) is 0 Å². The molecule has 0 fully saturated rings. The van der Waals surface area contributed by atoms with Gasteiger partial charge in [0.1, 0.15) is 6.61 Å². The standard InChI is InChI=1S/C13H25NO5/c14-8-9-18-10-11-19-13(17)7-5-3-1-2-4-6-12(15)16/h1-11,14H2,(H,15,16)/i2D,4D2,6D2. The van der Waals surface area contributed by atoms with Crippen LogP contribution in [0.4, 0.5) is 0 Å². The Morgan fingerprint density at radius 3 is 2.63 bits per heavy atom. The molecule has 0 saturated heterocycles. The number of unbranched alkanes of at least 4 members (excludes halogenated alkanes) is 1. The summed E-state index contributed by atoms with van der Waals surface area (Å²) >= 11 is 0. The molecule has 0 rings (SSSR count). The Balaban J connectivity index is 4.02. The van der Waals surface area contributed by atoms with Gasteiger partial charge in [-0.15, -0.1) is 0 Å². The van der Waals surface area contributed by atoms with Gasteiger partial charge in [0.2, 0.25) is 0 Å². The molecule has 0 aliphatic rings. The summed E-state index contributed by atoms with van der Waals surface area (Å²) in [6.07, 6.45) is -6.90. The monoisotopic (exact) mass is 280 g/mol. The summed E-state index contributed by atoms with van der Waals surface area (Å²) in [6, 6.07) is 0. The minimum absolute atomic E-state index is 0.0628. The Labute approximate surface area is 121 Å². The topological polar surface area (TPSA) is 98.9 Å². The van der Waals surface area contributed by atoms with E-state index in [-0.39, 0.29) is 32.5 Å². The molecular weight excluding hydrogens is 250 g/mol. The van der Waals surface area contributed by atoms with Gasteiger partial charge >= 0.3 is 11.9 Å². The SMILES string of the molecule is [2H]C(CCCCC(=O)OCCOCCN)C([2H])([2H])C([2H])([2H])C(=O)O. The van der Waals surface area contributed by atoms with E-state index in [0.29, 0.717) is 19.6 Å². The van der Waals surface area contributed by atoms with Crippen LogP contribution in [0.1, 0.15) is 51.7 Å². The number of carbonyl (C=O) groups is 2. The molecule has 1 atom stereocenters. The maximum absolute atomic E-state index is 11.4. The molecule has 0 amide bonds. The van der Waals surface area contributed by atoms with E-state index in [0.717, 1.165) is 0 Å². The number of ether oxygens (including phenoxy) is 2. The molecule has 0 aromatic rings. The zero-order valence-electron chi connectivity index (χ0n) is 15.9. The van der Waals surface area contributed by atoms with Gasteiger partial charge in [0.05, 0.1) is 13.2 Å². The van der Waals surface area contributed by atoms with Gasteiger partial charge in [-0.25, -0.2) is 0 Å². The molecule has 6 nitrogen and oxygen atoms in total. The lowest BCUT2D eigenvalue weighted by Crippen LogP contribution is -2.14. The molecular formula is C13H25NO5. The zero-order valence-corrected chi connectivity index (χ0v) is 10.9. The first kappa shape index (κ1) is 10.6. The highest BCUT2D eigenvalue weighted by atomic mass is 16.6. The fourth-order valence-electron chi connectivity index (χ4n) is 1.17. The van der Waals surface area contributed by atoms with Crippen molar-refractivity contribution in [1.82, 2.24) is 0 Å². The predicted molar refractivity (Wildman–Crippen MR) is 70.8 cm³/mol. The number of nitrogens with two attached hydrogens (primary N) is 1. The fraction of sp³-hybridized carbons (Fsp3) is 0.846. The molecule has 0 aliphatic heterocycles. The fourth-order valence-corrected chi connectivity index (χ4v) is 1.17. The Morgan fingerprint density at radius 1 is 1.16 bits per heavy atom. The number of aliphatic carboxylic acids is 1. The highest BCUT2D eigenvalue weighted by molar-refractivity contribution is 5.69. The molecule has 0 aromatic carbocycles. The van der Waals surface area contributed by atoms with Gasteiger partial charge in [0, 0.05) is 26.2 Å². The molecule has 0 heterocycles. The smallest absolute Gasteiger partial charge is 0.305 e. The Morgan fingerprint density at radius 2 is 1.95 bits per heavy atom. The summed E-state index contributed by atoms with van der Waals surface area (Å²) in [5.74, 6) is -2.39. The first-order valence-corrected chi connectivity index (χ1v) is 6.16. The van der Waals surface area contributed by atoms with E-state index in [1.54, 1.807) is 0 Å². The van der Waals surface area contributed by atoms with E-state index < -0.39 is 31.1 Å². The van der Waals surface area contributed by atoms with Gasteiger partial charge in [-0.1, -0.05) is 19.2 Å². The number of carbonyl (C=O) groups excluding carboxylic acids is 1. The van der Waals surface area contributed by atoms with Crippen molar-refractivity contribution in [3.8, 4) is 0 Å².